The van der Waals surface area contributed by atoms with Crippen molar-refractivity contribution in [3.05, 3.63) is 42.0 Å². The Hall–Kier alpha value is -3.00. The average molecular weight is 397 g/mol. The molecule has 4 heterocycles. The van der Waals surface area contributed by atoms with Crippen molar-refractivity contribution >= 4 is 0 Å². The fraction of sp³-hybridized carbons (Fsp3) is 0.429. The summed E-state index contributed by atoms with van der Waals surface area (Å²) in [6, 6.07) is 5.92. The highest BCUT2D eigenvalue weighted by Gasteiger charge is 2.33. The summed E-state index contributed by atoms with van der Waals surface area (Å²) < 4.78 is 30.5. The third kappa shape index (κ3) is 3.33. The van der Waals surface area contributed by atoms with E-state index in [1.807, 2.05) is 31.3 Å². The second-order valence-electron chi connectivity index (χ2n) is 7.36. The van der Waals surface area contributed by atoms with E-state index in [2.05, 4.69) is 14.7 Å². The molecule has 3 aromatic rings. The number of methoxy groups -OCH3 is 1. The predicted octanol–water partition coefficient (Wildman–Crippen LogP) is 3.06. The van der Waals surface area contributed by atoms with Crippen LogP contribution in [0, 0.1) is 12.8 Å². The number of fused-ring (bicyclic) bond motifs is 1. The fourth-order valence-electron chi connectivity index (χ4n) is 4.06. The molecule has 0 saturated carbocycles. The van der Waals surface area contributed by atoms with E-state index >= 15 is 0 Å². The van der Waals surface area contributed by atoms with Crippen LogP contribution in [0.1, 0.15) is 17.5 Å². The molecule has 5 rings (SSSR count). The molecule has 0 radical (unpaired) electrons. The second-order valence-corrected chi connectivity index (χ2v) is 7.36. The van der Waals surface area contributed by atoms with Crippen LogP contribution in [0.5, 0.6) is 17.2 Å². The Labute approximate surface area is 168 Å². The Balaban J connectivity index is 1.49. The van der Waals surface area contributed by atoms with E-state index < -0.39 is 0 Å². The number of hydrogen-bond donors (Lipinski definition) is 0. The van der Waals surface area contributed by atoms with Crippen molar-refractivity contribution in [2.45, 2.75) is 19.4 Å². The number of aromatic nitrogens is 3. The number of benzene rings is 1. The minimum absolute atomic E-state index is 0.135. The molecule has 0 unspecified atom stereocenters. The van der Waals surface area contributed by atoms with Crippen LogP contribution >= 0.6 is 0 Å². The van der Waals surface area contributed by atoms with E-state index in [0.717, 1.165) is 29.3 Å². The number of hydrogen-bond acceptors (Lipinski definition) is 7. The Morgan fingerprint density at radius 1 is 1.14 bits per heavy atom. The van der Waals surface area contributed by atoms with Crippen LogP contribution in [0.2, 0.25) is 0 Å². The molecule has 152 valence electrons. The summed E-state index contributed by atoms with van der Waals surface area (Å²) in [6.45, 7) is 4.28. The van der Waals surface area contributed by atoms with Gasteiger partial charge in [0.05, 0.1) is 37.6 Å². The van der Waals surface area contributed by atoms with E-state index in [1.54, 1.807) is 13.3 Å². The predicted molar refractivity (Wildman–Crippen MR) is 103 cm³/mol. The van der Waals surface area contributed by atoms with Crippen molar-refractivity contribution in [1.82, 2.24) is 14.7 Å². The van der Waals surface area contributed by atoms with Gasteiger partial charge in [-0.25, -0.2) is 4.98 Å². The number of rotatable bonds is 5. The smallest absolute Gasteiger partial charge is 0.165 e. The third-order valence-corrected chi connectivity index (χ3v) is 5.44. The lowest BCUT2D eigenvalue weighted by molar-refractivity contribution is 0.171. The average Bonchev–Trinajstić information content (AvgIpc) is 3.48. The molecule has 0 N–H and O–H groups in total. The Morgan fingerprint density at radius 2 is 1.97 bits per heavy atom. The molecular weight excluding hydrogens is 374 g/mol. The Morgan fingerprint density at radius 3 is 2.72 bits per heavy atom. The lowest BCUT2D eigenvalue weighted by Crippen LogP contribution is -2.20. The van der Waals surface area contributed by atoms with Crippen LogP contribution < -0.4 is 14.2 Å². The maximum atomic E-state index is 5.82. The van der Waals surface area contributed by atoms with Crippen molar-refractivity contribution in [2.24, 2.45) is 5.92 Å². The normalized spacial score (nSPS) is 20.8. The first-order chi connectivity index (χ1) is 14.2. The van der Waals surface area contributed by atoms with Gasteiger partial charge in [-0.3, -0.25) is 0 Å². The quantitative estimate of drug-likeness (QED) is 0.654. The summed E-state index contributed by atoms with van der Waals surface area (Å²) >= 11 is 0. The number of nitrogens with zero attached hydrogens (tertiary/aromatic N) is 3. The molecule has 8 heteroatoms. The summed E-state index contributed by atoms with van der Waals surface area (Å²) in [7, 11) is 1.65. The van der Waals surface area contributed by atoms with Crippen LogP contribution in [0.3, 0.4) is 0 Å². The molecule has 2 aliphatic rings. The lowest BCUT2D eigenvalue weighted by Gasteiger charge is -2.23. The van der Waals surface area contributed by atoms with Gasteiger partial charge in [-0.1, -0.05) is 5.16 Å². The lowest BCUT2D eigenvalue weighted by atomic mass is 9.97. The number of imidazole rings is 1. The first kappa shape index (κ1) is 18.1. The first-order valence-corrected chi connectivity index (χ1v) is 9.73. The Kier molecular flexibility index (Phi) is 4.63. The van der Waals surface area contributed by atoms with E-state index in [0.29, 0.717) is 43.7 Å². The summed E-state index contributed by atoms with van der Waals surface area (Å²) in [4.78, 5) is 4.63. The Bertz CT molecular complexity index is 1010. The van der Waals surface area contributed by atoms with Gasteiger partial charge in [-0.2, -0.15) is 0 Å². The SMILES string of the molecule is COc1cc2c(cc1-c1nccn1[C@H]1COC[C@H]1Cc1cc(C)no1)OCCO2. The van der Waals surface area contributed by atoms with Crippen LogP contribution in [0.4, 0.5) is 0 Å². The van der Waals surface area contributed by atoms with Crippen molar-refractivity contribution in [2.75, 3.05) is 33.5 Å². The monoisotopic (exact) mass is 397 g/mol. The topological polar surface area (TPSA) is 80.8 Å². The fourth-order valence-corrected chi connectivity index (χ4v) is 4.06. The number of aryl methyl sites for hydroxylation is 1. The molecule has 1 aromatic carbocycles. The summed E-state index contributed by atoms with van der Waals surface area (Å²) in [5.41, 5.74) is 1.75. The minimum Gasteiger partial charge on any atom is -0.496 e. The molecule has 0 aliphatic carbocycles. The summed E-state index contributed by atoms with van der Waals surface area (Å²) in [6.07, 6.45) is 4.56. The van der Waals surface area contributed by atoms with Gasteiger partial charge >= 0.3 is 0 Å². The molecule has 0 amide bonds. The van der Waals surface area contributed by atoms with Crippen LogP contribution in [-0.2, 0) is 11.2 Å². The highest BCUT2D eigenvalue weighted by Crippen LogP contribution is 2.42. The molecule has 0 spiro atoms. The van der Waals surface area contributed by atoms with Crippen molar-refractivity contribution in [3.63, 3.8) is 0 Å². The van der Waals surface area contributed by atoms with Crippen molar-refractivity contribution in [3.8, 4) is 28.6 Å². The molecule has 2 atom stereocenters. The van der Waals surface area contributed by atoms with E-state index in [9.17, 15) is 0 Å². The molecule has 0 bridgehead atoms. The molecule has 29 heavy (non-hydrogen) atoms. The third-order valence-electron chi connectivity index (χ3n) is 5.44. The zero-order chi connectivity index (χ0) is 19.8. The van der Waals surface area contributed by atoms with E-state index in [1.165, 1.54) is 0 Å². The van der Waals surface area contributed by atoms with Crippen LogP contribution in [0.15, 0.2) is 35.1 Å². The highest BCUT2D eigenvalue weighted by molar-refractivity contribution is 5.70. The van der Waals surface area contributed by atoms with Crippen LogP contribution in [0.25, 0.3) is 11.4 Å². The standard InChI is InChI=1S/C21H23N3O5/c1-13-7-15(29-23-13)8-14-11-26-12-17(14)24-4-3-22-21(24)16-9-19-20(10-18(16)25-2)28-6-5-27-19/h3-4,7,9-10,14,17H,5-6,8,11-12H2,1-2H3/t14-,17+/m1/s1. The van der Waals surface area contributed by atoms with Gasteiger partial charge in [0.15, 0.2) is 11.5 Å². The molecule has 2 aromatic heterocycles. The summed E-state index contributed by atoms with van der Waals surface area (Å²) in [5.74, 6) is 4.05. The first-order valence-electron chi connectivity index (χ1n) is 9.73. The maximum absolute atomic E-state index is 5.82. The largest absolute Gasteiger partial charge is 0.496 e. The molecule has 1 fully saturated rings. The van der Waals surface area contributed by atoms with Gasteiger partial charge in [0.1, 0.15) is 30.5 Å². The molecule has 2 aliphatic heterocycles. The zero-order valence-corrected chi connectivity index (χ0v) is 16.5. The van der Waals surface area contributed by atoms with Crippen LogP contribution in [-0.4, -0.2) is 48.2 Å². The van der Waals surface area contributed by atoms with Gasteiger partial charge in [0.2, 0.25) is 0 Å². The van der Waals surface area contributed by atoms with Gasteiger partial charge in [-0.05, 0) is 13.0 Å². The van der Waals surface area contributed by atoms with Gasteiger partial charge in [0.25, 0.3) is 0 Å². The van der Waals surface area contributed by atoms with Gasteiger partial charge in [0, 0.05) is 36.9 Å². The second kappa shape index (κ2) is 7.44. The van der Waals surface area contributed by atoms with E-state index in [-0.39, 0.29) is 12.0 Å². The van der Waals surface area contributed by atoms with Crippen molar-refractivity contribution < 1.29 is 23.5 Å². The summed E-state index contributed by atoms with van der Waals surface area (Å²) in [5, 5.41) is 4.00. The van der Waals surface area contributed by atoms with E-state index in [4.69, 9.17) is 23.5 Å². The highest BCUT2D eigenvalue weighted by atomic mass is 16.6. The molecule has 8 nitrogen and oxygen atoms in total. The van der Waals surface area contributed by atoms with Crippen molar-refractivity contribution in [1.29, 1.82) is 0 Å². The maximum Gasteiger partial charge on any atom is 0.165 e. The van der Waals surface area contributed by atoms with Gasteiger partial charge < -0.3 is 28.0 Å². The molecule has 1 saturated heterocycles. The van der Waals surface area contributed by atoms with Gasteiger partial charge in [-0.15, -0.1) is 0 Å². The minimum atomic E-state index is 0.135. The zero-order valence-electron chi connectivity index (χ0n) is 16.5. The molecular formula is C21H23N3O5. The number of ether oxygens (including phenoxy) is 4.